The van der Waals surface area contributed by atoms with Gasteiger partial charge in [0.2, 0.25) is 5.91 Å². The number of fused-ring (bicyclic) bond motifs is 1. The van der Waals surface area contributed by atoms with E-state index in [1.807, 2.05) is 30.3 Å². The first-order valence-electron chi connectivity index (χ1n) is 6.83. The molecule has 0 unspecified atom stereocenters. The molecule has 1 amide bonds. The van der Waals surface area contributed by atoms with E-state index in [-0.39, 0.29) is 18.3 Å². The van der Waals surface area contributed by atoms with E-state index in [1.54, 1.807) is 6.07 Å². The summed E-state index contributed by atoms with van der Waals surface area (Å²) in [6, 6.07) is 14.0. The minimum atomic E-state index is -0.255. The van der Waals surface area contributed by atoms with Crippen LogP contribution in [-0.2, 0) is 9.53 Å². The van der Waals surface area contributed by atoms with Crippen LogP contribution in [0.2, 0.25) is 0 Å². The van der Waals surface area contributed by atoms with Crippen LogP contribution in [0.25, 0.3) is 22.2 Å². The van der Waals surface area contributed by atoms with E-state index in [0.29, 0.717) is 5.69 Å². The summed E-state index contributed by atoms with van der Waals surface area (Å²) in [6.45, 7) is 0.0231. The highest BCUT2D eigenvalue weighted by Crippen LogP contribution is 2.25. The number of carbonyl (C=O) groups excluding carboxylic acids is 1. The van der Waals surface area contributed by atoms with Crippen molar-refractivity contribution in [1.82, 2.24) is 4.98 Å². The lowest BCUT2D eigenvalue weighted by Crippen LogP contribution is -2.16. The molecule has 0 aliphatic carbocycles. The molecule has 0 fully saturated rings. The van der Waals surface area contributed by atoms with Gasteiger partial charge < -0.3 is 15.0 Å². The van der Waals surface area contributed by atoms with Crippen molar-refractivity contribution < 1.29 is 13.9 Å². The molecule has 1 heterocycles. The summed E-state index contributed by atoms with van der Waals surface area (Å²) in [6.07, 6.45) is 0. The second kappa shape index (κ2) is 5.99. The first-order chi connectivity index (χ1) is 10.7. The lowest BCUT2D eigenvalue weighted by atomic mass is 10.1. The van der Waals surface area contributed by atoms with E-state index in [1.165, 1.54) is 19.2 Å². The summed E-state index contributed by atoms with van der Waals surface area (Å²) in [5, 5.41) is 3.56. The SMILES string of the molecule is COCC(=O)Nc1ccc(-c2cc3cc(F)ccc3[nH]2)cc1. The number of nitrogens with one attached hydrogen (secondary N) is 2. The predicted octanol–water partition coefficient (Wildman–Crippen LogP) is 3.56. The molecule has 112 valence electrons. The molecule has 2 N–H and O–H groups in total. The van der Waals surface area contributed by atoms with E-state index < -0.39 is 0 Å². The Labute approximate surface area is 126 Å². The molecule has 2 aromatic carbocycles. The minimum absolute atomic E-state index is 0.0231. The number of amides is 1. The summed E-state index contributed by atoms with van der Waals surface area (Å²) >= 11 is 0. The third-order valence-corrected chi connectivity index (χ3v) is 3.34. The Morgan fingerprint density at radius 1 is 1.18 bits per heavy atom. The quantitative estimate of drug-likeness (QED) is 0.774. The van der Waals surface area contributed by atoms with Gasteiger partial charge in [0.25, 0.3) is 0 Å². The minimum Gasteiger partial charge on any atom is -0.375 e. The summed E-state index contributed by atoms with van der Waals surface area (Å²) in [7, 11) is 1.47. The maximum absolute atomic E-state index is 13.2. The summed E-state index contributed by atoms with van der Waals surface area (Å²) in [4.78, 5) is 14.7. The largest absolute Gasteiger partial charge is 0.375 e. The van der Waals surface area contributed by atoms with Gasteiger partial charge in [-0.05, 0) is 42.0 Å². The number of carbonyl (C=O) groups is 1. The number of aromatic amines is 1. The lowest BCUT2D eigenvalue weighted by molar-refractivity contribution is -0.119. The second-order valence-electron chi connectivity index (χ2n) is 4.97. The van der Waals surface area contributed by atoms with Crippen LogP contribution in [0, 0.1) is 5.82 Å². The molecule has 22 heavy (non-hydrogen) atoms. The van der Waals surface area contributed by atoms with E-state index in [2.05, 4.69) is 10.3 Å². The van der Waals surface area contributed by atoms with Gasteiger partial charge in [0.05, 0.1) is 0 Å². The number of anilines is 1. The van der Waals surface area contributed by atoms with Gasteiger partial charge in [0, 0.05) is 29.4 Å². The number of hydrogen-bond donors (Lipinski definition) is 2. The summed E-state index contributed by atoms with van der Waals surface area (Å²) in [5.41, 5.74) is 3.44. The van der Waals surface area contributed by atoms with Gasteiger partial charge in [-0.1, -0.05) is 12.1 Å². The van der Waals surface area contributed by atoms with Crippen molar-refractivity contribution in [3.05, 3.63) is 54.3 Å². The zero-order valence-corrected chi connectivity index (χ0v) is 12.0. The number of rotatable bonds is 4. The summed E-state index contributed by atoms with van der Waals surface area (Å²) < 4.78 is 18.0. The number of hydrogen-bond acceptors (Lipinski definition) is 2. The van der Waals surface area contributed by atoms with Crippen LogP contribution in [0.3, 0.4) is 0 Å². The maximum Gasteiger partial charge on any atom is 0.250 e. The molecule has 0 aliphatic rings. The molecule has 0 bridgehead atoms. The monoisotopic (exact) mass is 298 g/mol. The van der Waals surface area contributed by atoms with Gasteiger partial charge in [0.1, 0.15) is 12.4 Å². The van der Waals surface area contributed by atoms with Gasteiger partial charge in [-0.3, -0.25) is 4.79 Å². The Hall–Kier alpha value is -2.66. The van der Waals surface area contributed by atoms with E-state index >= 15 is 0 Å². The van der Waals surface area contributed by atoms with Gasteiger partial charge >= 0.3 is 0 Å². The number of halogens is 1. The van der Waals surface area contributed by atoms with E-state index in [9.17, 15) is 9.18 Å². The molecule has 0 radical (unpaired) electrons. The smallest absolute Gasteiger partial charge is 0.250 e. The van der Waals surface area contributed by atoms with Crippen molar-refractivity contribution in [3.8, 4) is 11.3 Å². The van der Waals surface area contributed by atoms with Crippen molar-refractivity contribution >= 4 is 22.5 Å². The van der Waals surface area contributed by atoms with Gasteiger partial charge in [0.15, 0.2) is 0 Å². The molecule has 5 heteroatoms. The topological polar surface area (TPSA) is 54.1 Å². The number of ether oxygens (including phenoxy) is 1. The molecule has 0 saturated heterocycles. The molecule has 0 spiro atoms. The Morgan fingerprint density at radius 2 is 1.95 bits per heavy atom. The molecule has 3 rings (SSSR count). The van der Waals surface area contributed by atoms with Gasteiger partial charge in [-0.15, -0.1) is 0 Å². The van der Waals surface area contributed by atoms with Crippen molar-refractivity contribution in [1.29, 1.82) is 0 Å². The number of benzene rings is 2. The molecule has 0 atom stereocenters. The Morgan fingerprint density at radius 3 is 2.68 bits per heavy atom. The fourth-order valence-corrected chi connectivity index (χ4v) is 2.32. The third kappa shape index (κ3) is 2.99. The van der Waals surface area contributed by atoms with Crippen LogP contribution >= 0.6 is 0 Å². The Bertz CT molecular complexity index is 809. The zero-order chi connectivity index (χ0) is 15.5. The number of aromatic nitrogens is 1. The van der Waals surface area contributed by atoms with Crippen molar-refractivity contribution in [2.75, 3.05) is 19.0 Å². The highest BCUT2D eigenvalue weighted by molar-refractivity contribution is 5.92. The predicted molar refractivity (Wildman–Crippen MR) is 84.2 cm³/mol. The van der Waals surface area contributed by atoms with Crippen LogP contribution in [0.4, 0.5) is 10.1 Å². The zero-order valence-electron chi connectivity index (χ0n) is 12.0. The molecule has 0 saturated carbocycles. The van der Waals surface area contributed by atoms with Crippen molar-refractivity contribution in [2.45, 2.75) is 0 Å². The van der Waals surface area contributed by atoms with Crippen molar-refractivity contribution in [2.24, 2.45) is 0 Å². The average Bonchev–Trinajstić information content (AvgIpc) is 2.91. The van der Waals surface area contributed by atoms with Crippen LogP contribution in [0.1, 0.15) is 0 Å². The maximum atomic E-state index is 13.2. The highest BCUT2D eigenvalue weighted by Gasteiger charge is 2.05. The van der Waals surface area contributed by atoms with E-state index in [4.69, 9.17) is 4.74 Å². The average molecular weight is 298 g/mol. The third-order valence-electron chi connectivity index (χ3n) is 3.34. The molecule has 1 aromatic heterocycles. The summed E-state index contributed by atoms with van der Waals surface area (Å²) in [5.74, 6) is -0.453. The normalized spacial score (nSPS) is 10.8. The van der Waals surface area contributed by atoms with Crippen LogP contribution in [0.5, 0.6) is 0 Å². The Kier molecular flexibility index (Phi) is 3.89. The second-order valence-corrected chi connectivity index (χ2v) is 4.97. The lowest BCUT2D eigenvalue weighted by Gasteiger charge is -2.05. The van der Waals surface area contributed by atoms with Crippen molar-refractivity contribution in [3.63, 3.8) is 0 Å². The van der Waals surface area contributed by atoms with Crippen LogP contribution in [-0.4, -0.2) is 24.6 Å². The van der Waals surface area contributed by atoms with Crippen LogP contribution in [0.15, 0.2) is 48.5 Å². The van der Waals surface area contributed by atoms with E-state index in [0.717, 1.165) is 22.2 Å². The van der Waals surface area contributed by atoms with Gasteiger partial charge in [-0.25, -0.2) is 4.39 Å². The van der Waals surface area contributed by atoms with Gasteiger partial charge in [-0.2, -0.15) is 0 Å². The molecule has 3 aromatic rings. The first kappa shape index (κ1) is 14.3. The Balaban J connectivity index is 1.83. The number of H-pyrrole nitrogens is 1. The standard InChI is InChI=1S/C17H15FN2O2/c1-22-10-17(21)19-14-5-2-11(3-6-14)16-9-12-8-13(18)4-7-15(12)20-16/h2-9,20H,10H2,1H3,(H,19,21). The fourth-order valence-electron chi connectivity index (χ4n) is 2.32. The highest BCUT2D eigenvalue weighted by atomic mass is 19.1. The fraction of sp³-hybridized carbons (Fsp3) is 0.118. The molecule has 4 nitrogen and oxygen atoms in total. The first-order valence-corrected chi connectivity index (χ1v) is 6.83. The molecular weight excluding hydrogens is 283 g/mol. The van der Waals surface area contributed by atoms with Crippen LogP contribution < -0.4 is 5.32 Å². The molecule has 0 aliphatic heterocycles. The molecular formula is C17H15FN2O2. The number of methoxy groups -OCH3 is 1.